The first-order valence-electron chi connectivity index (χ1n) is 3.81. The Hall–Kier alpha value is -0.500. The first-order valence-corrected chi connectivity index (χ1v) is 4.89. The lowest BCUT2D eigenvalue weighted by atomic mass is 10.2. The molecule has 78 valence electrons. The first-order chi connectivity index (χ1) is 6.60. The van der Waals surface area contributed by atoms with Gasteiger partial charge in [0.15, 0.2) is 0 Å². The number of halogens is 3. The van der Waals surface area contributed by atoms with Crippen molar-refractivity contribution < 1.29 is 13.5 Å². The van der Waals surface area contributed by atoms with Gasteiger partial charge >= 0.3 is 0 Å². The summed E-state index contributed by atoms with van der Waals surface area (Å²) in [5.41, 5.74) is 5.75. The summed E-state index contributed by atoms with van der Waals surface area (Å²) in [6, 6.07) is 1.28. The normalized spacial score (nSPS) is 10.7. The van der Waals surface area contributed by atoms with Crippen LogP contribution in [-0.4, -0.2) is 12.1 Å². The zero-order chi connectivity index (χ0) is 10.7. The maximum atomic E-state index is 12.4. The van der Waals surface area contributed by atoms with E-state index in [0.29, 0.717) is 11.4 Å². The van der Waals surface area contributed by atoms with E-state index in [-0.39, 0.29) is 15.8 Å². The van der Waals surface area contributed by atoms with Crippen molar-refractivity contribution in [2.45, 2.75) is 13.0 Å². The van der Waals surface area contributed by atoms with E-state index in [1.807, 2.05) is 0 Å². The molecule has 0 bridgehead atoms. The number of aromatic nitrogens is 1. The standard InChI is InChI=1S/C8H9F2IN2O/c1-14-6-2-4(7(9)10)8(11)13-5(6)3-12/h2,7H,3,12H2,1H3. The Kier molecular flexibility index (Phi) is 3.99. The van der Waals surface area contributed by atoms with Crippen molar-refractivity contribution in [3.05, 3.63) is 21.0 Å². The molecule has 0 saturated carbocycles. The summed E-state index contributed by atoms with van der Waals surface area (Å²) < 4.78 is 30.1. The molecule has 0 fully saturated rings. The number of methoxy groups -OCH3 is 1. The number of pyridine rings is 1. The van der Waals surface area contributed by atoms with Crippen LogP contribution in [0, 0.1) is 3.70 Å². The van der Waals surface area contributed by atoms with Crippen molar-refractivity contribution in [3.63, 3.8) is 0 Å². The van der Waals surface area contributed by atoms with Gasteiger partial charge in [-0.3, -0.25) is 0 Å². The van der Waals surface area contributed by atoms with Crippen LogP contribution in [-0.2, 0) is 6.54 Å². The molecule has 6 heteroatoms. The predicted molar refractivity (Wildman–Crippen MR) is 56.4 cm³/mol. The van der Waals surface area contributed by atoms with Gasteiger partial charge in [-0.2, -0.15) is 0 Å². The number of hydrogen-bond donors (Lipinski definition) is 1. The average Bonchev–Trinajstić information content (AvgIpc) is 2.16. The quantitative estimate of drug-likeness (QED) is 0.686. The Labute approximate surface area is 93.8 Å². The number of nitrogens with zero attached hydrogens (tertiary/aromatic N) is 1. The Morgan fingerprint density at radius 1 is 1.64 bits per heavy atom. The van der Waals surface area contributed by atoms with Crippen LogP contribution in [0.3, 0.4) is 0 Å². The molecule has 1 rings (SSSR count). The van der Waals surface area contributed by atoms with Crippen molar-refractivity contribution in [2.24, 2.45) is 5.73 Å². The number of rotatable bonds is 3. The van der Waals surface area contributed by atoms with Crippen molar-refractivity contribution in [1.29, 1.82) is 0 Å². The van der Waals surface area contributed by atoms with Gasteiger partial charge in [0.2, 0.25) is 0 Å². The molecule has 0 radical (unpaired) electrons. The Bertz CT molecular complexity index is 333. The smallest absolute Gasteiger partial charge is 0.266 e. The van der Waals surface area contributed by atoms with E-state index in [0.717, 1.165) is 0 Å². The maximum absolute atomic E-state index is 12.4. The molecule has 0 aliphatic rings. The van der Waals surface area contributed by atoms with E-state index >= 15 is 0 Å². The molecule has 0 saturated heterocycles. The van der Waals surface area contributed by atoms with Crippen LogP contribution in [0.4, 0.5) is 8.78 Å². The molecular weight excluding hydrogens is 305 g/mol. The monoisotopic (exact) mass is 314 g/mol. The van der Waals surface area contributed by atoms with Crippen molar-refractivity contribution in [2.75, 3.05) is 7.11 Å². The number of nitrogens with two attached hydrogens (primary N) is 1. The zero-order valence-electron chi connectivity index (χ0n) is 7.43. The molecule has 2 N–H and O–H groups in total. The minimum absolute atomic E-state index is 0.125. The van der Waals surface area contributed by atoms with Gasteiger partial charge in [0.1, 0.15) is 9.45 Å². The van der Waals surface area contributed by atoms with E-state index in [1.165, 1.54) is 13.2 Å². The molecule has 3 nitrogen and oxygen atoms in total. The SMILES string of the molecule is COc1cc(C(F)F)c(I)nc1CN. The Balaban J connectivity index is 3.23. The molecule has 0 spiro atoms. The summed E-state index contributed by atoms with van der Waals surface area (Å²) in [4.78, 5) is 3.94. The van der Waals surface area contributed by atoms with Crippen LogP contribution in [0.15, 0.2) is 6.07 Å². The number of ether oxygens (including phenoxy) is 1. The highest BCUT2D eigenvalue weighted by atomic mass is 127. The Morgan fingerprint density at radius 3 is 2.71 bits per heavy atom. The van der Waals surface area contributed by atoms with Gasteiger partial charge in [0.25, 0.3) is 6.43 Å². The summed E-state index contributed by atoms with van der Waals surface area (Å²) in [5, 5.41) is 0. The van der Waals surface area contributed by atoms with E-state index in [4.69, 9.17) is 10.5 Å². The molecule has 1 heterocycles. The minimum Gasteiger partial charge on any atom is -0.495 e. The molecule has 1 aromatic rings. The molecule has 0 unspecified atom stereocenters. The summed E-state index contributed by atoms with van der Waals surface area (Å²) in [7, 11) is 1.40. The van der Waals surface area contributed by atoms with Crippen molar-refractivity contribution in [1.82, 2.24) is 4.98 Å². The van der Waals surface area contributed by atoms with Gasteiger partial charge in [-0.05, 0) is 28.7 Å². The van der Waals surface area contributed by atoms with Crippen LogP contribution in [0.25, 0.3) is 0 Å². The molecular formula is C8H9F2IN2O. The third kappa shape index (κ3) is 2.30. The molecule has 0 aliphatic carbocycles. The van der Waals surface area contributed by atoms with Crippen LogP contribution < -0.4 is 10.5 Å². The molecule has 0 atom stereocenters. The van der Waals surface area contributed by atoms with E-state index in [9.17, 15) is 8.78 Å². The van der Waals surface area contributed by atoms with Crippen molar-refractivity contribution in [3.8, 4) is 5.75 Å². The fraction of sp³-hybridized carbons (Fsp3) is 0.375. The molecule has 0 amide bonds. The van der Waals surface area contributed by atoms with Crippen LogP contribution in [0.2, 0.25) is 0 Å². The summed E-state index contributed by atoms with van der Waals surface area (Å²) in [6.45, 7) is 0.169. The van der Waals surface area contributed by atoms with E-state index < -0.39 is 6.43 Å². The highest BCUT2D eigenvalue weighted by molar-refractivity contribution is 14.1. The minimum atomic E-state index is -2.55. The van der Waals surface area contributed by atoms with Crippen LogP contribution in [0.1, 0.15) is 17.7 Å². The largest absolute Gasteiger partial charge is 0.495 e. The first kappa shape index (κ1) is 11.6. The van der Waals surface area contributed by atoms with Crippen LogP contribution in [0.5, 0.6) is 5.75 Å². The van der Waals surface area contributed by atoms with Gasteiger partial charge in [-0.25, -0.2) is 13.8 Å². The van der Waals surface area contributed by atoms with E-state index in [2.05, 4.69) is 4.98 Å². The third-order valence-electron chi connectivity index (χ3n) is 1.69. The zero-order valence-corrected chi connectivity index (χ0v) is 9.59. The van der Waals surface area contributed by atoms with Crippen LogP contribution >= 0.6 is 22.6 Å². The lowest BCUT2D eigenvalue weighted by Gasteiger charge is -2.09. The van der Waals surface area contributed by atoms with Gasteiger partial charge in [-0.1, -0.05) is 0 Å². The second-order valence-electron chi connectivity index (χ2n) is 2.52. The van der Waals surface area contributed by atoms with Gasteiger partial charge in [0.05, 0.1) is 18.4 Å². The molecule has 14 heavy (non-hydrogen) atoms. The lowest BCUT2D eigenvalue weighted by Crippen LogP contribution is -2.06. The van der Waals surface area contributed by atoms with Gasteiger partial charge in [0, 0.05) is 6.54 Å². The summed E-state index contributed by atoms with van der Waals surface area (Å²) in [5.74, 6) is 0.309. The fourth-order valence-electron chi connectivity index (χ4n) is 0.998. The van der Waals surface area contributed by atoms with Gasteiger partial charge in [-0.15, -0.1) is 0 Å². The number of alkyl halides is 2. The maximum Gasteiger partial charge on any atom is 0.266 e. The third-order valence-corrected chi connectivity index (χ3v) is 2.55. The van der Waals surface area contributed by atoms with Gasteiger partial charge < -0.3 is 10.5 Å². The highest BCUT2D eigenvalue weighted by Crippen LogP contribution is 2.28. The summed E-state index contributed by atoms with van der Waals surface area (Å²) >= 11 is 1.76. The van der Waals surface area contributed by atoms with E-state index in [1.54, 1.807) is 22.6 Å². The number of hydrogen-bond acceptors (Lipinski definition) is 3. The predicted octanol–water partition coefficient (Wildman–Crippen LogP) is 2.09. The average molecular weight is 314 g/mol. The Morgan fingerprint density at radius 2 is 2.29 bits per heavy atom. The highest BCUT2D eigenvalue weighted by Gasteiger charge is 2.16. The second kappa shape index (κ2) is 4.83. The molecule has 1 aromatic heterocycles. The van der Waals surface area contributed by atoms with Crippen molar-refractivity contribution >= 4 is 22.6 Å². The molecule has 0 aliphatic heterocycles. The second-order valence-corrected chi connectivity index (χ2v) is 3.54. The molecule has 0 aromatic carbocycles. The summed E-state index contributed by atoms with van der Waals surface area (Å²) in [6.07, 6.45) is -2.55. The fourth-order valence-corrected chi connectivity index (χ4v) is 1.68. The lowest BCUT2D eigenvalue weighted by molar-refractivity contribution is 0.149. The topological polar surface area (TPSA) is 48.1 Å².